The van der Waals surface area contributed by atoms with Gasteiger partial charge in [0.15, 0.2) is 0 Å². The molecule has 2 amide bonds. The smallest absolute Gasteiger partial charge is 0.255 e. The molecule has 0 aromatic heterocycles. The van der Waals surface area contributed by atoms with Crippen molar-refractivity contribution in [3.05, 3.63) is 99.6 Å². The summed E-state index contributed by atoms with van der Waals surface area (Å²) >= 11 is 6.17. The Morgan fingerprint density at radius 2 is 1.76 bits per heavy atom. The van der Waals surface area contributed by atoms with Crippen molar-refractivity contribution in [3.8, 4) is 0 Å². The first-order valence-corrected chi connectivity index (χ1v) is 9.84. The lowest BCUT2D eigenvalue weighted by molar-refractivity contribution is -0.117. The summed E-state index contributed by atoms with van der Waals surface area (Å²) in [6.07, 6.45) is 0. The van der Waals surface area contributed by atoms with Gasteiger partial charge in [-0.3, -0.25) is 9.59 Å². The number of amides is 2. The maximum absolute atomic E-state index is 13.5. The van der Waals surface area contributed by atoms with Crippen LogP contribution in [0, 0.1) is 13.8 Å². The first kappa shape index (κ1) is 19.2. The second-order valence-electron chi connectivity index (χ2n) is 7.33. The largest absolute Gasteiger partial charge is 0.324 e. The van der Waals surface area contributed by atoms with E-state index in [-0.39, 0.29) is 18.4 Å². The molecular weight excluding hydrogens is 384 g/mol. The van der Waals surface area contributed by atoms with E-state index in [4.69, 9.17) is 11.6 Å². The molecule has 5 heteroatoms. The zero-order valence-electron chi connectivity index (χ0n) is 16.3. The van der Waals surface area contributed by atoms with Crippen LogP contribution in [0.5, 0.6) is 0 Å². The molecule has 4 nitrogen and oxygen atoms in total. The fourth-order valence-corrected chi connectivity index (χ4v) is 3.88. The highest BCUT2D eigenvalue weighted by molar-refractivity contribution is 6.31. The monoisotopic (exact) mass is 404 g/mol. The highest BCUT2D eigenvalue weighted by Gasteiger charge is 2.34. The molecule has 0 saturated heterocycles. The van der Waals surface area contributed by atoms with Gasteiger partial charge < -0.3 is 10.2 Å². The third-order valence-electron chi connectivity index (χ3n) is 5.34. The lowest BCUT2D eigenvalue weighted by atomic mass is 9.95. The van der Waals surface area contributed by atoms with Crippen LogP contribution in [0.25, 0.3) is 0 Å². The molecule has 1 aliphatic rings. The van der Waals surface area contributed by atoms with Crippen LogP contribution in [-0.2, 0) is 4.79 Å². The number of rotatable bonds is 2. The first-order chi connectivity index (χ1) is 13.9. The van der Waals surface area contributed by atoms with Gasteiger partial charge in [0.05, 0.1) is 6.04 Å². The average molecular weight is 405 g/mol. The summed E-state index contributed by atoms with van der Waals surface area (Å²) in [6, 6.07) is 20.4. The summed E-state index contributed by atoms with van der Waals surface area (Å²) in [5.74, 6) is -0.427. The molecular formula is C24H21ClN2O2. The summed E-state index contributed by atoms with van der Waals surface area (Å²) in [5.41, 5.74) is 5.13. The van der Waals surface area contributed by atoms with Crippen LogP contribution >= 0.6 is 11.6 Å². The Morgan fingerprint density at radius 1 is 1.00 bits per heavy atom. The molecule has 0 saturated carbocycles. The molecule has 0 fully saturated rings. The van der Waals surface area contributed by atoms with Gasteiger partial charge in [0.1, 0.15) is 6.54 Å². The molecule has 3 aromatic rings. The third-order valence-corrected chi connectivity index (χ3v) is 5.57. The van der Waals surface area contributed by atoms with E-state index in [1.54, 1.807) is 17.0 Å². The number of benzene rings is 3. The lowest BCUT2D eigenvalue weighted by Gasteiger charge is -2.31. The molecule has 1 atom stereocenters. The standard InChI is InChI=1S/C24H21ClN2O2/c1-15-8-9-18(12-16(15)2)24(29)27-14-22(28)26-21-13-19(25)10-11-20(21)23(27)17-6-4-3-5-7-17/h3-13,23H,14H2,1-2H3,(H,26,28). The SMILES string of the molecule is Cc1ccc(C(=O)N2CC(=O)Nc3cc(Cl)ccc3C2c2ccccc2)cc1C. The van der Waals surface area contributed by atoms with Crippen LogP contribution in [0.15, 0.2) is 66.7 Å². The molecule has 1 unspecified atom stereocenters. The van der Waals surface area contributed by atoms with Gasteiger partial charge in [-0.15, -0.1) is 0 Å². The van der Waals surface area contributed by atoms with Gasteiger partial charge in [0.25, 0.3) is 5.91 Å². The third kappa shape index (κ3) is 3.76. The van der Waals surface area contributed by atoms with Crippen molar-refractivity contribution in [2.75, 3.05) is 11.9 Å². The van der Waals surface area contributed by atoms with Crippen LogP contribution < -0.4 is 5.32 Å². The van der Waals surface area contributed by atoms with Crippen molar-refractivity contribution in [2.45, 2.75) is 19.9 Å². The van der Waals surface area contributed by atoms with E-state index in [0.717, 1.165) is 22.3 Å². The van der Waals surface area contributed by atoms with E-state index in [0.29, 0.717) is 16.3 Å². The molecule has 3 aromatic carbocycles. The Hall–Kier alpha value is -3.11. The molecule has 29 heavy (non-hydrogen) atoms. The molecule has 0 radical (unpaired) electrons. The Kier molecular flexibility index (Phi) is 5.12. The Balaban J connectivity index is 1.87. The number of hydrogen-bond donors (Lipinski definition) is 1. The van der Waals surface area contributed by atoms with Crippen LogP contribution in [0.3, 0.4) is 0 Å². The number of anilines is 1. The summed E-state index contributed by atoms with van der Waals surface area (Å²) in [6.45, 7) is 3.95. The van der Waals surface area contributed by atoms with Gasteiger partial charge >= 0.3 is 0 Å². The Morgan fingerprint density at radius 3 is 2.48 bits per heavy atom. The van der Waals surface area contributed by atoms with Gasteiger partial charge in [-0.05, 0) is 54.8 Å². The molecule has 0 bridgehead atoms. The average Bonchev–Trinajstić information content (AvgIpc) is 2.85. The first-order valence-electron chi connectivity index (χ1n) is 9.46. The molecule has 1 N–H and O–H groups in total. The summed E-state index contributed by atoms with van der Waals surface area (Å²) < 4.78 is 0. The van der Waals surface area contributed by atoms with Crippen molar-refractivity contribution in [2.24, 2.45) is 0 Å². The number of nitrogens with one attached hydrogen (secondary N) is 1. The summed E-state index contributed by atoms with van der Waals surface area (Å²) in [7, 11) is 0. The molecule has 4 rings (SSSR count). The second-order valence-corrected chi connectivity index (χ2v) is 7.76. The number of hydrogen-bond acceptors (Lipinski definition) is 2. The highest BCUT2D eigenvalue weighted by atomic mass is 35.5. The minimum absolute atomic E-state index is 0.0440. The number of halogens is 1. The maximum Gasteiger partial charge on any atom is 0.255 e. The van der Waals surface area contributed by atoms with Gasteiger partial charge in [-0.2, -0.15) is 0 Å². The summed E-state index contributed by atoms with van der Waals surface area (Å²) in [5, 5.41) is 3.43. The predicted molar refractivity (Wildman–Crippen MR) is 115 cm³/mol. The van der Waals surface area contributed by atoms with E-state index >= 15 is 0 Å². The minimum Gasteiger partial charge on any atom is -0.324 e. The highest BCUT2D eigenvalue weighted by Crippen LogP contribution is 2.37. The summed E-state index contributed by atoms with van der Waals surface area (Å²) in [4.78, 5) is 27.8. The number of fused-ring (bicyclic) bond motifs is 1. The normalized spacial score (nSPS) is 16.0. The fourth-order valence-electron chi connectivity index (χ4n) is 3.70. The van der Waals surface area contributed by atoms with Crippen molar-refractivity contribution in [3.63, 3.8) is 0 Å². The quantitative estimate of drug-likeness (QED) is 0.642. The van der Waals surface area contributed by atoms with Crippen molar-refractivity contribution < 1.29 is 9.59 Å². The second kappa shape index (κ2) is 7.72. The van der Waals surface area contributed by atoms with Gasteiger partial charge in [-0.1, -0.05) is 54.1 Å². The van der Waals surface area contributed by atoms with Crippen LogP contribution in [-0.4, -0.2) is 23.3 Å². The van der Waals surface area contributed by atoms with Gasteiger partial charge in [0, 0.05) is 21.8 Å². The molecule has 0 aliphatic carbocycles. The topological polar surface area (TPSA) is 49.4 Å². The van der Waals surface area contributed by atoms with E-state index < -0.39 is 6.04 Å². The number of nitrogens with zero attached hydrogens (tertiary/aromatic N) is 1. The molecule has 146 valence electrons. The lowest BCUT2D eigenvalue weighted by Crippen LogP contribution is -2.39. The molecule has 0 spiro atoms. The maximum atomic E-state index is 13.5. The zero-order chi connectivity index (χ0) is 20.5. The number of carbonyl (C=O) groups excluding carboxylic acids is 2. The van der Waals surface area contributed by atoms with Crippen molar-refractivity contribution in [1.82, 2.24) is 4.90 Å². The van der Waals surface area contributed by atoms with E-state index in [2.05, 4.69) is 5.32 Å². The Bertz CT molecular complexity index is 1100. The van der Waals surface area contributed by atoms with Crippen LogP contribution in [0.1, 0.15) is 38.7 Å². The molecule has 1 heterocycles. The zero-order valence-corrected chi connectivity index (χ0v) is 17.0. The number of carbonyl (C=O) groups is 2. The molecule has 1 aliphatic heterocycles. The van der Waals surface area contributed by atoms with E-state index in [1.165, 1.54) is 0 Å². The van der Waals surface area contributed by atoms with Gasteiger partial charge in [0.2, 0.25) is 5.91 Å². The van der Waals surface area contributed by atoms with E-state index in [9.17, 15) is 9.59 Å². The van der Waals surface area contributed by atoms with Crippen molar-refractivity contribution in [1.29, 1.82) is 0 Å². The van der Waals surface area contributed by atoms with Crippen LogP contribution in [0.2, 0.25) is 5.02 Å². The fraction of sp³-hybridized carbons (Fsp3) is 0.167. The van der Waals surface area contributed by atoms with Crippen molar-refractivity contribution >= 4 is 29.1 Å². The predicted octanol–water partition coefficient (Wildman–Crippen LogP) is 5.14. The minimum atomic E-state index is -0.406. The number of aryl methyl sites for hydroxylation is 2. The Labute approximate surface area is 175 Å². The van der Waals surface area contributed by atoms with Crippen LogP contribution in [0.4, 0.5) is 5.69 Å². The van der Waals surface area contributed by atoms with E-state index in [1.807, 2.05) is 68.4 Å². The van der Waals surface area contributed by atoms with Gasteiger partial charge in [-0.25, -0.2) is 0 Å².